The summed E-state index contributed by atoms with van der Waals surface area (Å²) in [6.07, 6.45) is 0. The second kappa shape index (κ2) is 5.84. The number of amides is 2. The summed E-state index contributed by atoms with van der Waals surface area (Å²) in [7, 11) is 2.56. The predicted octanol–water partition coefficient (Wildman–Crippen LogP) is -0.726. The summed E-state index contributed by atoms with van der Waals surface area (Å²) in [6, 6.07) is -1.65. The van der Waals surface area contributed by atoms with Crippen molar-refractivity contribution in [3.05, 3.63) is 0 Å². The van der Waals surface area contributed by atoms with Crippen molar-refractivity contribution in [2.45, 2.75) is 13.0 Å². The molecule has 0 unspecified atom stereocenters. The molecule has 7 heteroatoms. The Morgan fingerprint density at radius 3 is 2.40 bits per heavy atom. The number of likely N-dealkylation sites (N-methyl/N-ethyl adjacent to an activating group) is 1. The first kappa shape index (κ1) is 13.2. The van der Waals surface area contributed by atoms with Crippen LogP contribution in [-0.2, 0) is 14.3 Å². The minimum atomic E-state index is -1.14. The zero-order valence-corrected chi connectivity index (χ0v) is 8.81. The van der Waals surface area contributed by atoms with Gasteiger partial charge in [-0.2, -0.15) is 0 Å². The van der Waals surface area contributed by atoms with E-state index in [9.17, 15) is 14.4 Å². The Bertz CT molecular complexity index is 266. The fraction of sp³-hybridized carbons (Fsp3) is 0.625. The second-order valence-electron chi connectivity index (χ2n) is 2.94. The number of ether oxygens (including phenoxy) is 1. The van der Waals surface area contributed by atoms with E-state index in [1.54, 1.807) is 0 Å². The maximum atomic E-state index is 11.3. The molecule has 15 heavy (non-hydrogen) atoms. The van der Waals surface area contributed by atoms with Gasteiger partial charge in [-0.25, -0.2) is 4.79 Å². The molecule has 0 rings (SSSR count). The van der Waals surface area contributed by atoms with E-state index in [4.69, 9.17) is 5.11 Å². The summed E-state index contributed by atoms with van der Waals surface area (Å²) in [5.41, 5.74) is 0. The molecule has 0 fully saturated rings. The quantitative estimate of drug-likeness (QED) is 0.607. The summed E-state index contributed by atoms with van der Waals surface area (Å²) in [4.78, 5) is 33.5. The standard InChI is InChI=1S/C8H14N2O5/c1-5(7(12)13)9-8(14)10(2)4-6(11)15-3/h5H,4H2,1-3H3,(H,9,14)(H,12,13)/t5-/m1/s1. The number of aliphatic carboxylic acids is 1. The summed E-state index contributed by atoms with van der Waals surface area (Å²) in [5, 5.41) is 10.7. The van der Waals surface area contributed by atoms with Crippen LogP contribution in [0, 0.1) is 0 Å². The molecule has 0 heterocycles. The molecule has 2 amide bonds. The Morgan fingerprint density at radius 1 is 1.47 bits per heavy atom. The number of hydrogen-bond donors (Lipinski definition) is 2. The van der Waals surface area contributed by atoms with E-state index in [-0.39, 0.29) is 6.54 Å². The van der Waals surface area contributed by atoms with Crippen LogP contribution in [0.5, 0.6) is 0 Å². The van der Waals surface area contributed by atoms with Crippen LogP contribution in [0.1, 0.15) is 6.92 Å². The average molecular weight is 218 g/mol. The van der Waals surface area contributed by atoms with E-state index < -0.39 is 24.0 Å². The van der Waals surface area contributed by atoms with Crippen LogP contribution in [0.3, 0.4) is 0 Å². The van der Waals surface area contributed by atoms with Crippen molar-refractivity contribution in [2.75, 3.05) is 20.7 Å². The molecule has 0 radical (unpaired) electrons. The Morgan fingerprint density at radius 2 is 2.00 bits per heavy atom. The van der Waals surface area contributed by atoms with Crippen molar-refractivity contribution < 1.29 is 24.2 Å². The lowest BCUT2D eigenvalue weighted by Crippen LogP contribution is -2.46. The minimum absolute atomic E-state index is 0.228. The molecule has 1 atom stereocenters. The van der Waals surface area contributed by atoms with Crippen LogP contribution in [0.4, 0.5) is 4.79 Å². The second-order valence-corrected chi connectivity index (χ2v) is 2.94. The van der Waals surface area contributed by atoms with Gasteiger partial charge >= 0.3 is 18.0 Å². The van der Waals surface area contributed by atoms with Crippen molar-refractivity contribution in [1.82, 2.24) is 10.2 Å². The average Bonchev–Trinajstić information content (AvgIpc) is 2.16. The van der Waals surface area contributed by atoms with Gasteiger partial charge in [0.2, 0.25) is 0 Å². The Balaban J connectivity index is 4.10. The van der Waals surface area contributed by atoms with Crippen LogP contribution < -0.4 is 5.32 Å². The minimum Gasteiger partial charge on any atom is -0.480 e. The maximum absolute atomic E-state index is 11.3. The van der Waals surface area contributed by atoms with E-state index >= 15 is 0 Å². The Kier molecular flexibility index (Phi) is 5.14. The highest BCUT2D eigenvalue weighted by Gasteiger charge is 2.18. The molecule has 2 N–H and O–H groups in total. The number of esters is 1. The smallest absolute Gasteiger partial charge is 0.325 e. The van der Waals surface area contributed by atoms with Crippen LogP contribution in [-0.4, -0.2) is 54.7 Å². The van der Waals surface area contributed by atoms with Crippen LogP contribution in [0.25, 0.3) is 0 Å². The van der Waals surface area contributed by atoms with Gasteiger partial charge in [-0.15, -0.1) is 0 Å². The summed E-state index contributed by atoms with van der Waals surface area (Å²) in [6.45, 7) is 1.10. The van der Waals surface area contributed by atoms with E-state index in [1.165, 1.54) is 21.1 Å². The van der Waals surface area contributed by atoms with Gasteiger partial charge in [-0.3, -0.25) is 9.59 Å². The summed E-state index contributed by atoms with van der Waals surface area (Å²) in [5.74, 6) is -1.72. The number of urea groups is 1. The Labute approximate surface area is 87.0 Å². The lowest BCUT2D eigenvalue weighted by atomic mass is 10.3. The normalized spacial score (nSPS) is 11.4. The number of rotatable bonds is 4. The number of methoxy groups -OCH3 is 1. The molecular formula is C8H14N2O5. The molecule has 0 aliphatic heterocycles. The highest BCUT2D eigenvalue weighted by molar-refractivity contribution is 5.84. The van der Waals surface area contributed by atoms with Gasteiger partial charge < -0.3 is 20.1 Å². The molecule has 0 aliphatic carbocycles. The third-order valence-electron chi connectivity index (χ3n) is 1.65. The molecule has 0 saturated carbocycles. The predicted molar refractivity (Wildman–Crippen MR) is 50.3 cm³/mol. The van der Waals surface area contributed by atoms with Gasteiger partial charge in [0.05, 0.1) is 7.11 Å². The number of nitrogens with one attached hydrogen (secondary N) is 1. The molecule has 86 valence electrons. The monoisotopic (exact) mass is 218 g/mol. The first-order chi connectivity index (χ1) is 6.88. The van der Waals surface area contributed by atoms with E-state index in [2.05, 4.69) is 10.1 Å². The van der Waals surface area contributed by atoms with E-state index in [0.29, 0.717) is 0 Å². The highest BCUT2D eigenvalue weighted by atomic mass is 16.5. The third-order valence-corrected chi connectivity index (χ3v) is 1.65. The van der Waals surface area contributed by atoms with Crippen molar-refractivity contribution in [2.24, 2.45) is 0 Å². The van der Waals surface area contributed by atoms with E-state index in [1.807, 2.05) is 0 Å². The number of nitrogens with zero attached hydrogens (tertiary/aromatic N) is 1. The Hall–Kier alpha value is -1.79. The van der Waals surface area contributed by atoms with Gasteiger partial charge in [0, 0.05) is 7.05 Å². The van der Waals surface area contributed by atoms with Crippen molar-refractivity contribution in [3.63, 3.8) is 0 Å². The molecule has 0 spiro atoms. The number of carboxylic acids is 1. The summed E-state index contributed by atoms with van der Waals surface area (Å²) >= 11 is 0. The van der Waals surface area contributed by atoms with Crippen molar-refractivity contribution in [3.8, 4) is 0 Å². The molecule has 0 bridgehead atoms. The molecule has 0 aliphatic rings. The van der Waals surface area contributed by atoms with Gasteiger partial charge in [0.1, 0.15) is 12.6 Å². The molecule has 0 saturated heterocycles. The lowest BCUT2D eigenvalue weighted by molar-refractivity contribution is -0.141. The fourth-order valence-corrected chi connectivity index (χ4v) is 0.687. The summed E-state index contributed by atoms with van der Waals surface area (Å²) < 4.78 is 4.35. The SMILES string of the molecule is COC(=O)CN(C)C(=O)N[C@H](C)C(=O)O. The maximum Gasteiger partial charge on any atom is 0.325 e. The molecule has 0 aromatic heterocycles. The third kappa shape index (κ3) is 4.84. The molecular weight excluding hydrogens is 204 g/mol. The van der Waals surface area contributed by atoms with Crippen molar-refractivity contribution >= 4 is 18.0 Å². The zero-order valence-electron chi connectivity index (χ0n) is 8.81. The first-order valence-electron chi connectivity index (χ1n) is 4.19. The number of hydrogen-bond acceptors (Lipinski definition) is 4. The number of carbonyl (C=O) groups is 3. The molecule has 7 nitrogen and oxygen atoms in total. The van der Waals surface area contributed by atoms with Crippen LogP contribution in [0.2, 0.25) is 0 Å². The van der Waals surface area contributed by atoms with E-state index in [0.717, 1.165) is 4.90 Å². The topological polar surface area (TPSA) is 95.9 Å². The first-order valence-corrected chi connectivity index (χ1v) is 4.19. The lowest BCUT2D eigenvalue weighted by Gasteiger charge is -2.18. The van der Waals surface area contributed by atoms with Crippen molar-refractivity contribution in [1.29, 1.82) is 0 Å². The highest BCUT2D eigenvalue weighted by Crippen LogP contribution is 1.89. The van der Waals surface area contributed by atoms with Gasteiger partial charge in [-0.05, 0) is 6.92 Å². The van der Waals surface area contributed by atoms with Gasteiger partial charge in [0.15, 0.2) is 0 Å². The van der Waals surface area contributed by atoms with Gasteiger partial charge in [-0.1, -0.05) is 0 Å². The zero-order chi connectivity index (χ0) is 12.0. The molecule has 0 aromatic carbocycles. The van der Waals surface area contributed by atoms with Gasteiger partial charge in [0.25, 0.3) is 0 Å². The fourth-order valence-electron chi connectivity index (χ4n) is 0.687. The number of carbonyl (C=O) groups excluding carboxylic acids is 2. The van der Waals surface area contributed by atoms with Crippen LogP contribution >= 0.6 is 0 Å². The van der Waals surface area contributed by atoms with Crippen LogP contribution in [0.15, 0.2) is 0 Å². The largest absolute Gasteiger partial charge is 0.480 e. The number of carboxylic acid groups (broad SMARTS) is 1. The molecule has 0 aromatic rings.